The largest absolute Gasteiger partial charge is 0.478 e. The van der Waals surface area contributed by atoms with Gasteiger partial charge in [-0.15, -0.1) is 0 Å². The highest BCUT2D eigenvalue weighted by atomic mass is 16.4. The quantitative estimate of drug-likeness (QED) is 0.301. The molecule has 1 fully saturated rings. The molecule has 1 saturated carbocycles. The molecule has 5 heteroatoms. The number of fused-ring (bicyclic) bond motifs is 1. The third-order valence-electron chi connectivity index (χ3n) is 7.60. The van der Waals surface area contributed by atoms with Crippen molar-refractivity contribution < 1.29 is 14.7 Å². The van der Waals surface area contributed by atoms with Gasteiger partial charge in [0, 0.05) is 11.5 Å². The standard InChI is InChI=1S/C34H28N2O3/c37-33(28-19-9-7-17-26(28)27-18-8-10-20-29(27)34(38)39)36-32(24-14-5-2-6-15-24)30-21-11-16-25(31(30)35-36)22-23-12-3-1-4-13-23/h1-10,12-15,17-20,22,30,32H,11,16,21H2,(H,38,39). The maximum Gasteiger partial charge on any atom is 0.336 e. The van der Waals surface area contributed by atoms with Gasteiger partial charge in [0.1, 0.15) is 0 Å². The second kappa shape index (κ2) is 10.5. The highest BCUT2D eigenvalue weighted by molar-refractivity contribution is 6.10. The van der Waals surface area contributed by atoms with E-state index in [4.69, 9.17) is 5.10 Å². The molecule has 1 aliphatic heterocycles. The van der Waals surface area contributed by atoms with Crippen LogP contribution in [0.1, 0.15) is 57.1 Å². The molecule has 6 rings (SSSR count). The first-order valence-corrected chi connectivity index (χ1v) is 13.3. The van der Waals surface area contributed by atoms with Gasteiger partial charge >= 0.3 is 5.97 Å². The lowest BCUT2D eigenvalue weighted by Gasteiger charge is -2.30. The van der Waals surface area contributed by atoms with Crippen molar-refractivity contribution in [3.05, 3.63) is 137 Å². The van der Waals surface area contributed by atoms with Gasteiger partial charge in [-0.05, 0) is 65.3 Å². The van der Waals surface area contributed by atoms with Crippen LogP contribution >= 0.6 is 0 Å². The minimum absolute atomic E-state index is 0.0820. The van der Waals surface area contributed by atoms with E-state index in [1.165, 1.54) is 0 Å². The molecular formula is C34H28N2O3. The summed E-state index contributed by atoms with van der Waals surface area (Å²) in [7, 11) is 0. The van der Waals surface area contributed by atoms with Crippen molar-refractivity contribution in [2.75, 3.05) is 0 Å². The van der Waals surface area contributed by atoms with E-state index in [1.807, 2.05) is 54.6 Å². The Kier molecular flexibility index (Phi) is 6.64. The Bertz CT molecular complexity index is 1590. The first-order valence-electron chi connectivity index (χ1n) is 13.3. The van der Waals surface area contributed by atoms with Crippen molar-refractivity contribution in [3.63, 3.8) is 0 Å². The zero-order valence-electron chi connectivity index (χ0n) is 21.4. The molecule has 0 spiro atoms. The highest BCUT2D eigenvalue weighted by Crippen LogP contribution is 2.45. The van der Waals surface area contributed by atoms with Gasteiger partial charge in [0.15, 0.2) is 0 Å². The molecule has 1 amide bonds. The Labute approximate surface area is 227 Å². The van der Waals surface area contributed by atoms with Crippen molar-refractivity contribution >= 4 is 23.7 Å². The van der Waals surface area contributed by atoms with Gasteiger partial charge in [0.25, 0.3) is 5.91 Å². The van der Waals surface area contributed by atoms with E-state index in [-0.39, 0.29) is 23.4 Å². The van der Waals surface area contributed by atoms with Crippen LogP contribution in [0.5, 0.6) is 0 Å². The van der Waals surface area contributed by atoms with Gasteiger partial charge in [-0.1, -0.05) is 97.1 Å². The van der Waals surface area contributed by atoms with Crippen molar-refractivity contribution in [2.45, 2.75) is 25.3 Å². The fraction of sp³-hybridized carbons (Fsp3) is 0.147. The number of hydrogen-bond acceptors (Lipinski definition) is 3. The van der Waals surface area contributed by atoms with E-state index in [0.717, 1.165) is 41.7 Å². The molecule has 1 N–H and O–H groups in total. The summed E-state index contributed by atoms with van der Waals surface area (Å²) in [6, 6.07) is 34.1. The number of nitrogens with zero attached hydrogens (tertiary/aromatic N) is 2. The molecule has 1 aliphatic carbocycles. The van der Waals surface area contributed by atoms with Gasteiger partial charge in [-0.2, -0.15) is 5.10 Å². The summed E-state index contributed by atoms with van der Waals surface area (Å²) in [5.74, 6) is -1.18. The molecule has 192 valence electrons. The average Bonchev–Trinajstić information content (AvgIpc) is 3.38. The molecule has 0 radical (unpaired) electrons. The van der Waals surface area contributed by atoms with Crippen LogP contribution in [0.3, 0.4) is 0 Å². The van der Waals surface area contributed by atoms with Crippen LogP contribution in [0.4, 0.5) is 0 Å². The first kappa shape index (κ1) is 24.6. The van der Waals surface area contributed by atoms with Crippen LogP contribution in [0.25, 0.3) is 17.2 Å². The van der Waals surface area contributed by atoms with E-state index in [0.29, 0.717) is 16.7 Å². The molecule has 0 saturated heterocycles. The number of benzene rings is 4. The molecule has 2 aliphatic rings. The number of rotatable bonds is 5. The third kappa shape index (κ3) is 4.68. The van der Waals surface area contributed by atoms with Crippen LogP contribution in [-0.4, -0.2) is 27.7 Å². The monoisotopic (exact) mass is 512 g/mol. The molecule has 39 heavy (non-hydrogen) atoms. The average molecular weight is 513 g/mol. The number of carboxylic acid groups (broad SMARTS) is 1. The number of allylic oxidation sites excluding steroid dienone is 1. The van der Waals surface area contributed by atoms with Crippen molar-refractivity contribution in [3.8, 4) is 11.1 Å². The fourth-order valence-electron chi connectivity index (χ4n) is 5.83. The van der Waals surface area contributed by atoms with Gasteiger partial charge in [0.2, 0.25) is 0 Å². The maximum absolute atomic E-state index is 14.4. The smallest absolute Gasteiger partial charge is 0.336 e. The molecule has 4 aromatic rings. The summed E-state index contributed by atoms with van der Waals surface area (Å²) in [5, 5.41) is 16.5. The van der Waals surface area contributed by atoms with E-state index >= 15 is 0 Å². The molecule has 0 bridgehead atoms. The maximum atomic E-state index is 14.4. The molecule has 2 atom stereocenters. The second-order valence-electron chi connectivity index (χ2n) is 9.97. The van der Waals surface area contributed by atoms with Crippen LogP contribution in [0.15, 0.2) is 120 Å². The predicted octanol–water partition coefficient (Wildman–Crippen LogP) is 7.49. The van der Waals surface area contributed by atoms with E-state index in [2.05, 4.69) is 30.3 Å². The summed E-state index contributed by atoms with van der Waals surface area (Å²) in [6.07, 6.45) is 5.07. The third-order valence-corrected chi connectivity index (χ3v) is 7.60. The number of carbonyl (C=O) groups is 2. The fourth-order valence-corrected chi connectivity index (χ4v) is 5.83. The number of carbonyl (C=O) groups excluding carboxylic acids is 1. The highest BCUT2D eigenvalue weighted by Gasteiger charge is 2.44. The van der Waals surface area contributed by atoms with E-state index < -0.39 is 5.97 Å². The molecule has 2 unspecified atom stereocenters. The Hall–Kier alpha value is -4.77. The first-order chi connectivity index (χ1) is 19.1. The molecule has 0 aromatic heterocycles. The van der Waals surface area contributed by atoms with Crippen LogP contribution in [-0.2, 0) is 0 Å². The molecule has 4 aromatic carbocycles. The van der Waals surface area contributed by atoms with Gasteiger partial charge in [-0.25, -0.2) is 9.80 Å². The predicted molar refractivity (Wildman–Crippen MR) is 153 cm³/mol. The number of carboxylic acids is 1. The lowest BCUT2D eigenvalue weighted by molar-refractivity contribution is 0.0676. The Morgan fingerprint density at radius 2 is 1.36 bits per heavy atom. The lowest BCUT2D eigenvalue weighted by atomic mass is 9.77. The normalized spacial score (nSPS) is 19.4. The minimum Gasteiger partial charge on any atom is -0.478 e. The van der Waals surface area contributed by atoms with Gasteiger partial charge in [-0.3, -0.25) is 4.79 Å². The van der Waals surface area contributed by atoms with Crippen LogP contribution < -0.4 is 0 Å². The zero-order chi connectivity index (χ0) is 26.8. The van der Waals surface area contributed by atoms with Gasteiger partial charge < -0.3 is 5.11 Å². The number of amides is 1. The van der Waals surface area contributed by atoms with E-state index in [9.17, 15) is 14.7 Å². The van der Waals surface area contributed by atoms with E-state index in [1.54, 1.807) is 35.3 Å². The summed E-state index contributed by atoms with van der Waals surface area (Å²) in [6.45, 7) is 0. The summed E-state index contributed by atoms with van der Waals surface area (Å²) < 4.78 is 0. The summed E-state index contributed by atoms with van der Waals surface area (Å²) in [4.78, 5) is 26.4. The number of hydrogen-bond donors (Lipinski definition) is 1. The van der Waals surface area contributed by atoms with Crippen molar-refractivity contribution in [1.29, 1.82) is 0 Å². The SMILES string of the molecule is O=C(O)c1ccccc1-c1ccccc1C(=O)N1N=C2C(=Cc3ccccc3)CCCC2C1c1ccccc1. The zero-order valence-corrected chi connectivity index (χ0v) is 21.4. The van der Waals surface area contributed by atoms with Crippen molar-refractivity contribution in [2.24, 2.45) is 11.0 Å². The molecular weight excluding hydrogens is 484 g/mol. The summed E-state index contributed by atoms with van der Waals surface area (Å²) >= 11 is 0. The second-order valence-corrected chi connectivity index (χ2v) is 9.97. The summed E-state index contributed by atoms with van der Waals surface area (Å²) in [5.41, 5.74) is 5.98. The molecule has 5 nitrogen and oxygen atoms in total. The lowest BCUT2D eigenvalue weighted by Crippen LogP contribution is -2.32. The molecule has 1 heterocycles. The Morgan fingerprint density at radius 1 is 0.769 bits per heavy atom. The topological polar surface area (TPSA) is 70.0 Å². The Morgan fingerprint density at radius 3 is 2.05 bits per heavy atom. The number of hydrazone groups is 1. The van der Waals surface area contributed by atoms with Crippen LogP contribution in [0.2, 0.25) is 0 Å². The van der Waals surface area contributed by atoms with Crippen LogP contribution in [0, 0.1) is 5.92 Å². The number of aromatic carboxylic acids is 1. The Balaban J connectivity index is 1.47. The van der Waals surface area contributed by atoms with Crippen molar-refractivity contribution in [1.82, 2.24) is 5.01 Å². The van der Waals surface area contributed by atoms with Gasteiger partial charge in [0.05, 0.1) is 17.3 Å². The minimum atomic E-state index is -1.03.